The fourth-order valence-electron chi connectivity index (χ4n) is 2.65. The van der Waals surface area contributed by atoms with Crippen LogP contribution in [0.3, 0.4) is 0 Å². The Bertz CT molecular complexity index is 1120. The van der Waals surface area contributed by atoms with Crippen molar-refractivity contribution in [2.24, 2.45) is 4.99 Å². The molecule has 3 rings (SSSR count). The third-order valence-electron chi connectivity index (χ3n) is 4.32. The van der Waals surface area contributed by atoms with Crippen molar-refractivity contribution in [2.75, 3.05) is 5.75 Å². The molecule has 1 aromatic heterocycles. The van der Waals surface area contributed by atoms with Crippen molar-refractivity contribution < 1.29 is 13.2 Å². The molecule has 0 spiro atoms. The number of carbonyl (C=O) groups excluding carboxylic acids is 1. The van der Waals surface area contributed by atoms with Crippen LogP contribution < -0.4 is 4.80 Å². The summed E-state index contributed by atoms with van der Waals surface area (Å²) in [5, 5.41) is 1.86. The molecule has 0 saturated heterocycles. The van der Waals surface area contributed by atoms with Gasteiger partial charge in [0.1, 0.15) is 0 Å². The Morgan fingerprint density at radius 1 is 1.00 bits per heavy atom. The van der Waals surface area contributed by atoms with Gasteiger partial charge in [0.25, 0.3) is 0 Å². The fraction of sp³-hybridized carbons (Fsp3) is 0.238. The first-order valence-corrected chi connectivity index (χ1v) is 11.4. The number of hydrogen-bond acceptors (Lipinski definition) is 4. The van der Waals surface area contributed by atoms with Gasteiger partial charge in [-0.05, 0) is 31.5 Å². The van der Waals surface area contributed by atoms with Gasteiger partial charge < -0.3 is 4.57 Å². The Hall–Kier alpha value is -2.51. The van der Waals surface area contributed by atoms with Crippen LogP contribution in [0, 0.1) is 13.8 Å². The first-order valence-electron chi connectivity index (χ1n) is 8.90. The van der Waals surface area contributed by atoms with Gasteiger partial charge in [0.05, 0.1) is 10.6 Å². The average Bonchev–Trinajstić information content (AvgIpc) is 3.09. The van der Waals surface area contributed by atoms with Crippen LogP contribution in [0.1, 0.15) is 23.1 Å². The van der Waals surface area contributed by atoms with E-state index in [9.17, 15) is 13.2 Å². The molecule has 0 unspecified atom stereocenters. The SMILES string of the molecule is Cc1ccc(Cn2ccsc2=NC(=O)CCS(=O)(=O)c2ccc(C)cc2)cc1. The summed E-state index contributed by atoms with van der Waals surface area (Å²) in [5.74, 6) is -0.683. The lowest BCUT2D eigenvalue weighted by Crippen LogP contribution is -2.18. The van der Waals surface area contributed by atoms with Gasteiger partial charge in [-0.3, -0.25) is 4.79 Å². The van der Waals surface area contributed by atoms with E-state index in [4.69, 9.17) is 0 Å². The molecule has 1 amide bonds. The molecule has 1 heterocycles. The number of benzene rings is 2. The number of amides is 1. The highest BCUT2D eigenvalue weighted by molar-refractivity contribution is 7.91. The summed E-state index contributed by atoms with van der Waals surface area (Å²) in [6.07, 6.45) is 1.73. The van der Waals surface area contributed by atoms with Gasteiger partial charge >= 0.3 is 0 Å². The highest BCUT2D eigenvalue weighted by Gasteiger charge is 2.16. The number of thiazole rings is 1. The maximum atomic E-state index is 12.4. The van der Waals surface area contributed by atoms with Crippen LogP contribution in [-0.2, 0) is 21.2 Å². The van der Waals surface area contributed by atoms with Gasteiger partial charge in [-0.2, -0.15) is 4.99 Å². The molecule has 2 aromatic carbocycles. The van der Waals surface area contributed by atoms with Crippen molar-refractivity contribution in [3.63, 3.8) is 0 Å². The predicted octanol–water partition coefficient (Wildman–Crippen LogP) is 3.51. The van der Waals surface area contributed by atoms with Crippen molar-refractivity contribution in [1.29, 1.82) is 0 Å². The first kappa shape index (κ1) is 20.2. The van der Waals surface area contributed by atoms with Crippen LogP contribution in [0.4, 0.5) is 0 Å². The molecule has 0 saturated carbocycles. The molecule has 0 aliphatic rings. The maximum absolute atomic E-state index is 12.4. The lowest BCUT2D eigenvalue weighted by Gasteiger charge is -2.04. The number of carbonyl (C=O) groups is 1. The van der Waals surface area contributed by atoms with E-state index in [2.05, 4.69) is 4.99 Å². The van der Waals surface area contributed by atoms with Gasteiger partial charge in [-0.1, -0.05) is 47.5 Å². The molecule has 3 aromatic rings. The Morgan fingerprint density at radius 2 is 1.61 bits per heavy atom. The van der Waals surface area contributed by atoms with Crippen LogP contribution in [0.25, 0.3) is 0 Å². The van der Waals surface area contributed by atoms with E-state index in [1.807, 2.05) is 54.3 Å². The van der Waals surface area contributed by atoms with Gasteiger partial charge in [0.15, 0.2) is 14.6 Å². The third-order valence-corrected chi connectivity index (χ3v) is 6.84. The van der Waals surface area contributed by atoms with Crippen molar-refractivity contribution in [1.82, 2.24) is 4.57 Å². The molecule has 0 radical (unpaired) electrons. The number of aromatic nitrogens is 1. The van der Waals surface area contributed by atoms with Crippen molar-refractivity contribution in [2.45, 2.75) is 31.7 Å². The molecule has 0 fully saturated rings. The number of aryl methyl sites for hydroxylation is 2. The van der Waals surface area contributed by atoms with E-state index < -0.39 is 15.7 Å². The highest BCUT2D eigenvalue weighted by atomic mass is 32.2. The molecular weight excluding hydrogens is 392 g/mol. The topological polar surface area (TPSA) is 68.5 Å². The summed E-state index contributed by atoms with van der Waals surface area (Å²) in [5.41, 5.74) is 3.29. The van der Waals surface area contributed by atoms with Crippen LogP contribution in [-0.4, -0.2) is 24.6 Å². The second kappa shape index (κ2) is 8.67. The quantitative estimate of drug-likeness (QED) is 0.620. The maximum Gasteiger partial charge on any atom is 0.249 e. The van der Waals surface area contributed by atoms with Gasteiger partial charge in [0, 0.05) is 24.5 Å². The summed E-state index contributed by atoms with van der Waals surface area (Å²) in [7, 11) is -3.50. The zero-order valence-corrected chi connectivity index (χ0v) is 17.5. The molecule has 7 heteroatoms. The zero-order valence-electron chi connectivity index (χ0n) is 15.8. The zero-order chi connectivity index (χ0) is 20.1. The standard InChI is InChI=1S/C21H22N2O3S2/c1-16-3-7-18(8-4-16)15-23-12-13-27-21(23)22-20(24)11-14-28(25,26)19-9-5-17(2)6-10-19/h3-10,12-13H,11,14-15H2,1-2H3. The van der Waals surface area contributed by atoms with Gasteiger partial charge in [-0.15, -0.1) is 11.3 Å². The van der Waals surface area contributed by atoms with E-state index in [-0.39, 0.29) is 17.1 Å². The second-order valence-corrected chi connectivity index (χ2v) is 9.67. The van der Waals surface area contributed by atoms with Crippen molar-refractivity contribution >= 4 is 27.1 Å². The average molecular weight is 415 g/mol. The highest BCUT2D eigenvalue weighted by Crippen LogP contribution is 2.13. The van der Waals surface area contributed by atoms with Crippen molar-refractivity contribution in [3.05, 3.63) is 81.6 Å². The van der Waals surface area contributed by atoms with Crippen LogP contribution in [0.2, 0.25) is 0 Å². The van der Waals surface area contributed by atoms with Gasteiger partial charge in [0.2, 0.25) is 5.91 Å². The lowest BCUT2D eigenvalue weighted by molar-refractivity contribution is -0.117. The first-order chi connectivity index (χ1) is 13.3. The number of nitrogens with zero attached hydrogens (tertiary/aromatic N) is 2. The summed E-state index contributed by atoms with van der Waals surface area (Å²) >= 11 is 1.36. The molecule has 28 heavy (non-hydrogen) atoms. The molecular formula is C21H22N2O3S2. The largest absolute Gasteiger partial charge is 0.319 e. The molecule has 0 aliphatic heterocycles. The van der Waals surface area contributed by atoms with Crippen molar-refractivity contribution in [3.8, 4) is 0 Å². The van der Waals surface area contributed by atoms with E-state index in [1.165, 1.54) is 16.9 Å². The molecule has 0 aliphatic carbocycles. The summed E-state index contributed by atoms with van der Waals surface area (Å²) in [4.78, 5) is 17.2. The third kappa shape index (κ3) is 5.27. The van der Waals surface area contributed by atoms with E-state index in [1.54, 1.807) is 24.3 Å². The molecule has 5 nitrogen and oxygen atoms in total. The molecule has 0 N–H and O–H groups in total. The summed E-state index contributed by atoms with van der Waals surface area (Å²) in [6.45, 7) is 4.54. The molecule has 0 bridgehead atoms. The summed E-state index contributed by atoms with van der Waals surface area (Å²) in [6, 6.07) is 14.8. The number of sulfone groups is 1. The Morgan fingerprint density at radius 3 is 2.25 bits per heavy atom. The molecule has 146 valence electrons. The molecule has 0 atom stereocenters. The van der Waals surface area contributed by atoms with E-state index >= 15 is 0 Å². The van der Waals surface area contributed by atoms with Crippen LogP contribution >= 0.6 is 11.3 Å². The van der Waals surface area contributed by atoms with E-state index in [0.29, 0.717) is 11.3 Å². The number of hydrogen-bond donors (Lipinski definition) is 0. The minimum Gasteiger partial charge on any atom is -0.319 e. The lowest BCUT2D eigenvalue weighted by atomic mass is 10.1. The Labute approximate surface area is 168 Å². The normalized spacial score (nSPS) is 12.3. The second-order valence-electron chi connectivity index (χ2n) is 6.69. The number of rotatable bonds is 6. The van der Waals surface area contributed by atoms with Gasteiger partial charge in [-0.25, -0.2) is 8.42 Å². The van der Waals surface area contributed by atoms with E-state index in [0.717, 1.165) is 11.1 Å². The fourth-order valence-corrected chi connectivity index (χ4v) is 4.62. The Balaban J connectivity index is 1.69. The summed E-state index contributed by atoms with van der Waals surface area (Å²) < 4.78 is 26.7. The predicted molar refractivity (Wildman–Crippen MR) is 111 cm³/mol. The minimum atomic E-state index is -3.50. The van der Waals surface area contributed by atoms with Crippen LogP contribution in [0.15, 0.2) is 70.0 Å². The van der Waals surface area contributed by atoms with Crippen LogP contribution in [0.5, 0.6) is 0 Å². The minimum absolute atomic E-state index is 0.140. The smallest absolute Gasteiger partial charge is 0.249 e. The Kier molecular flexibility index (Phi) is 6.26. The monoisotopic (exact) mass is 414 g/mol.